The van der Waals surface area contributed by atoms with Crippen molar-refractivity contribution >= 4 is 62.9 Å². The Hall–Kier alpha value is -2.13. The Morgan fingerprint density at radius 2 is 1.65 bits per heavy atom. The minimum atomic E-state index is -0.613. The van der Waals surface area contributed by atoms with Crippen molar-refractivity contribution in [3.05, 3.63) is 45.3 Å². The van der Waals surface area contributed by atoms with Crippen LogP contribution in [0.15, 0.2) is 29.6 Å². The van der Waals surface area contributed by atoms with Crippen molar-refractivity contribution in [2.24, 2.45) is 5.73 Å². The second-order valence-electron chi connectivity index (χ2n) is 5.53. The van der Waals surface area contributed by atoms with E-state index in [2.05, 4.69) is 10.6 Å². The molecule has 5 N–H and O–H groups in total. The third-order valence-electron chi connectivity index (χ3n) is 3.34. The maximum absolute atomic E-state index is 12.1. The van der Waals surface area contributed by atoms with Crippen molar-refractivity contribution in [2.45, 2.75) is 0 Å². The zero-order valence-corrected chi connectivity index (χ0v) is 16.1. The number of carbonyl (C=O) groups is 3. The van der Waals surface area contributed by atoms with Gasteiger partial charge < -0.3 is 21.3 Å². The molecule has 0 spiro atoms. The number of primary amides is 1. The van der Waals surface area contributed by atoms with E-state index in [1.165, 1.54) is 11.3 Å². The van der Waals surface area contributed by atoms with Crippen LogP contribution in [0.25, 0.3) is 0 Å². The number of carbonyl (C=O) groups excluding carboxylic acids is 3. The summed E-state index contributed by atoms with van der Waals surface area (Å²) in [7, 11) is 1.69. The number of thiophene rings is 1. The standard InChI is InChI=1S/C16H16Cl2N4O3S/c1-22(7-12(23)20-14-10(17)3-2-4-11(14)18)8-13(24)21-16-9(15(19)25)5-6-26-16/h2-6H,7-8H2,1H3,(H2,19,25)(H,20,23)(H,21,24)/p+1. The minimum Gasteiger partial charge on any atom is -0.366 e. The van der Waals surface area contributed by atoms with Crippen molar-refractivity contribution in [1.82, 2.24) is 0 Å². The molecule has 0 bridgehead atoms. The number of anilines is 2. The Bertz CT molecular complexity index is 820. The minimum absolute atomic E-state index is 0.0276. The van der Waals surface area contributed by atoms with E-state index in [0.717, 1.165) is 0 Å². The highest BCUT2D eigenvalue weighted by Gasteiger charge is 2.18. The average molecular weight is 416 g/mol. The summed E-state index contributed by atoms with van der Waals surface area (Å²) in [6.07, 6.45) is 0. The molecule has 1 heterocycles. The Labute approximate surface area is 164 Å². The van der Waals surface area contributed by atoms with Gasteiger partial charge in [0.1, 0.15) is 5.00 Å². The van der Waals surface area contributed by atoms with Gasteiger partial charge in [-0.15, -0.1) is 11.3 Å². The predicted octanol–water partition coefficient (Wildman–Crippen LogP) is 1.25. The Balaban J connectivity index is 1.88. The van der Waals surface area contributed by atoms with Crippen molar-refractivity contribution in [2.75, 3.05) is 30.8 Å². The summed E-state index contributed by atoms with van der Waals surface area (Å²) in [6, 6.07) is 6.45. The number of nitrogens with one attached hydrogen (secondary N) is 3. The van der Waals surface area contributed by atoms with Crippen molar-refractivity contribution in [3.8, 4) is 0 Å². The van der Waals surface area contributed by atoms with E-state index in [-0.39, 0.29) is 30.5 Å². The normalized spacial score (nSPS) is 11.7. The summed E-state index contributed by atoms with van der Waals surface area (Å²) in [5.41, 5.74) is 5.83. The van der Waals surface area contributed by atoms with E-state index < -0.39 is 5.91 Å². The van der Waals surface area contributed by atoms with E-state index in [9.17, 15) is 14.4 Å². The molecule has 7 nitrogen and oxygen atoms in total. The third kappa shape index (κ3) is 5.43. The molecule has 0 saturated carbocycles. The van der Waals surface area contributed by atoms with Gasteiger partial charge in [0.05, 0.1) is 28.3 Å². The number of hydrogen-bond acceptors (Lipinski definition) is 4. The van der Waals surface area contributed by atoms with Gasteiger partial charge in [-0.1, -0.05) is 29.3 Å². The molecule has 0 aliphatic heterocycles. The SMILES string of the molecule is C[NH+](CC(=O)Nc1sccc1C(N)=O)CC(=O)Nc1c(Cl)cccc1Cl. The highest BCUT2D eigenvalue weighted by atomic mass is 35.5. The van der Waals surface area contributed by atoms with Gasteiger partial charge in [-0.3, -0.25) is 14.4 Å². The van der Waals surface area contributed by atoms with Crippen LogP contribution in [-0.4, -0.2) is 37.9 Å². The van der Waals surface area contributed by atoms with Crippen molar-refractivity contribution < 1.29 is 19.3 Å². The summed E-state index contributed by atoms with van der Waals surface area (Å²) in [6.45, 7) is 0.0574. The van der Waals surface area contributed by atoms with Gasteiger partial charge in [-0.05, 0) is 23.6 Å². The lowest BCUT2D eigenvalue weighted by Crippen LogP contribution is -3.11. The smallest absolute Gasteiger partial charge is 0.280 e. The van der Waals surface area contributed by atoms with Crippen LogP contribution in [0.2, 0.25) is 10.0 Å². The van der Waals surface area contributed by atoms with Gasteiger partial charge in [0.2, 0.25) is 0 Å². The van der Waals surface area contributed by atoms with Gasteiger partial charge in [0.25, 0.3) is 17.7 Å². The zero-order valence-electron chi connectivity index (χ0n) is 13.8. The monoisotopic (exact) mass is 415 g/mol. The van der Waals surface area contributed by atoms with Crippen LogP contribution in [0, 0.1) is 0 Å². The van der Waals surface area contributed by atoms with Gasteiger partial charge in [0, 0.05) is 0 Å². The van der Waals surface area contributed by atoms with Gasteiger partial charge in [-0.25, -0.2) is 0 Å². The molecular formula is C16H17Cl2N4O3S+. The summed E-state index contributed by atoms with van der Waals surface area (Å²) in [5.74, 6) is -1.28. The first-order valence-corrected chi connectivity index (χ1v) is 9.13. The van der Waals surface area contributed by atoms with Crippen molar-refractivity contribution in [1.29, 1.82) is 0 Å². The maximum Gasteiger partial charge on any atom is 0.280 e. The van der Waals surface area contributed by atoms with E-state index in [1.807, 2.05) is 0 Å². The summed E-state index contributed by atoms with van der Waals surface area (Å²) >= 11 is 13.2. The number of likely N-dealkylation sites (N-methyl/N-ethyl adjacent to an activating group) is 1. The molecular weight excluding hydrogens is 399 g/mol. The highest BCUT2D eigenvalue weighted by Crippen LogP contribution is 2.29. The molecule has 1 aromatic carbocycles. The number of amides is 3. The number of benzene rings is 1. The van der Waals surface area contributed by atoms with E-state index in [4.69, 9.17) is 28.9 Å². The molecule has 0 aliphatic rings. The zero-order chi connectivity index (χ0) is 19.3. The summed E-state index contributed by atoms with van der Waals surface area (Å²) < 4.78 is 0. The number of rotatable bonds is 7. The fraction of sp³-hybridized carbons (Fsp3) is 0.188. The molecule has 0 aliphatic carbocycles. The first kappa shape index (κ1) is 20.2. The summed E-state index contributed by atoms with van der Waals surface area (Å²) in [5, 5.41) is 7.98. The van der Waals surface area contributed by atoms with Crippen LogP contribution in [-0.2, 0) is 9.59 Å². The molecule has 0 fully saturated rings. The van der Waals surface area contributed by atoms with Gasteiger partial charge in [0.15, 0.2) is 13.1 Å². The Kier molecular flexibility index (Phi) is 6.98. The lowest BCUT2D eigenvalue weighted by Gasteiger charge is -2.14. The molecule has 3 amide bonds. The van der Waals surface area contributed by atoms with Gasteiger partial charge >= 0.3 is 0 Å². The van der Waals surface area contributed by atoms with Crippen LogP contribution in [0.4, 0.5) is 10.7 Å². The van der Waals surface area contributed by atoms with E-state index in [0.29, 0.717) is 25.6 Å². The first-order chi connectivity index (χ1) is 12.3. The fourth-order valence-electron chi connectivity index (χ4n) is 2.18. The molecule has 1 atom stereocenters. The number of halogens is 2. The number of quaternary nitrogens is 1. The predicted molar refractivity (Wildman–Crippen MR) is 103 cm³/mol. The fourth-order valence-corrected chi connectivity index (χ4v) is 3.48. The molecule has 2 rings (SSSR count). The lowest BCUT2D eigenvalue weighted by molar-refractivity contribution is -0.862. The maximum atomic E-state index is 12.1. The number of para-hydroxylation sites is 1. The molecule has 26 heavy (non-hydrogen) atoms. The Morgan fingerprint density at radius 3 is 2.23 bits per heavy atom. The van der Waals surface area contributed by atoms with Gasteiger partial charge in [-0.2, -0.15) is 0 Å². The van der Waals surface area contributed by atoms with Crippen LogP contribution >= 0.6 is 34.5 Å². The van der Waals surface area contributed by atoms with E-state index in [1.54, 1.807) is 36.7 Å². The molecule has 0 saturated heterocycles. The molecule has 10 heteroatoms. The summed E-state index contributed by atoms with van der Waals surface area (Å²) in [4.78, 5) is 36.1. The topological polar surface area (TPSA) is 106 Å². The van der Waals surface area contributed by atoms with Crippen molar-refractivity contribution in [3.63, 3.8) is 0 Å². The van der Waals surface area contributed by atoms with Crippen LogP contribution in [0.5, 0.6) is 0 Å². The Morgan fingerprint density at radius 1 is 1.08 bits per heavy atom. The van der Waals surface area contributed by atoms with Crippen LogP contribution in [0.3, 0.4) is 0 Å². The molecule has 1 aromatic heterocycles. The first-order valence-electron chi connectivity index (χ1n) is 7.50. The molecule has 138 valence electrons. The molecule has 2 aromatic rings. The largest absolute Gasteiger partial charge is 0.366 e. The van der Waals surface area contributed by atoms with Crippen LogP contribution in [0.1, 0.15) is 10.4 Å². The molecule has 0 radical (unpaired) electrons. The number of hydrogen-bond donors (Lipinski definition) is 4. The van der Waals surface area contributed by atoms with E-state index >= 15 is 0 Å². The second kappa shape index (κ2) is 9.00. The number of nitrogens with two attached hydrogens (primary N) is 1. The molecule has 1 unspecified atom stereocenters. The third-order valence-corrected chi connectivity index (χ3v) is 4.80. The quantitative estimate of drug-likeness (QED) is 0.546. The average Bonchev–Trinajstić information content (AvgIpc) is 2.99. The van der Waals surface area contributed by atoms with Crippen LogP contribution < -0.4 is 21.3 Å². The lowest BCUT2D eigenvalue weighted by atomic mass is 10.3. The highest BCUT2D eigenvalue weighted by molar-refractivity contribution is 7.14. The second-order valence-corrected chi connectivity index (χ2v) is 7.26.